The maximum Gasteiger partial charge on any atom is 0.251 e. The number of nitrogens with zero attached hydrogens (tertiary/aromatic N) is 2. The number of carbonyl (C=O) groups excluding carboxylic acids is 1. The van der Waals surface area contributed by atoms with Crippen molar-refractivity contribution in [2.75, 3.05) is 5.32 Å². The fourth-order valence-electron chi connectivity index (χ4n) is 0.900. The first-order chi connectivity index (χ1) is 7.00. The number of hydrogen-bond acceptors (Lipinski definition) is 4. The van der Waals surface area contributed by atoms with Gasteiger partial charge in [-0.3, -0.25) is 4.79 Å². The van der Waals surface area contributed by atoms with Crippen molar-refractivity contribution in [2.45, 2.75) is 26.8 Å². The Kier molecular flexibility index (Phi) is 3.60. The highest BCUT2D eigenvalue weighted by Gasteiger charge is 2.08. The van der Waals surface area contributed by atoms with E-state index < -0.39 is 5.91 Å². The lowest BCUT2D eigenvalue weighted by Gasteiger charge is -2.16. The van der Waals surface area contributed by atoms with Gasteiger partial charge in [0, 0.05) is 18.4 Å². The highest BCUT2D eigenvalue weighted by molar-refractivity contribution is 5.92. The van der Waals surface area contributed by atoms with Crippen LogP contribution in [-0.2, 0) is 0 Å². The van der Waals surface area contributed by atoms with Crippen molar-refractivity contribution in [3.63, 3.8) is 0 Å². The molecule has 0 radical (unpaired) electrons. The van der Waals surface area contributed by atoms with Crippen molar-refractivity contribution in [3.8, 4) is 0 Å². The quantitative estimate of drug-likeness (QED) is 0.774. The highest BCUT2D eigenvalue weighted by Crippen LogP contribution is 2.07. The van der Waals surface area contributed by atoms with E-state index in [1.807, 2.05) is 0 Å². The molecule has 1 aromatic rings. The second kappa shape index (κ2) is 4.72. The molecule has 0 fully saturated rings. The fraction of sp³-hybridized carbons (Fsp3) is 0.500. The van der Waals surface area contributed by atoms with Gasteiger partial charge in [0.1, 0.15) is 0 Å². The summed E-state index contributed by atoms with van der Waals surface area (Å²) in [7, 11) is 0. The molecule has 1 aromatic heterocycles. The van der Waals surface area contributed by atoms with E-state index in [0.717, 1.165) is 0 Å². The molecule has 0 bridgehead atoms. The Labute approximate surface area is 89.1 Å². The Bertz CT molecular complexity index is 334. The molecular formula is C10H16N4O. The second-order valence-corrected chi connectivity index (χ2v) is 3.84. The minimum Gasteiger partial charge on any atom is -0.366 e. The maximum atomic E-state index is 10.8. The summed E-state index contributed by atoms with van der Waals surface area (Å²) in [6.07, 6.45) is 2.84. The van der Waals surface area contributed by atoms with Gasteiger partial charge in [-0.05, 0) is 12.8 Å². The lowest BCUT2D eigenvalue weighted by molar-refractivity contribution is 0.0999. The summed E-state index contributed by atoms with van der Waals surface area (Å²) >= 11 is 0. The minimum atomic E-state index is -0.515. The first-order valence-electron chi connectivity index (χ1n) is 4.89. The van der Waals surface area contributed by atoms with Crippen LogP contribution in [0.25, 0.3) is 0 Å². The molecule has 3 N–H and O–H groups in total. The molecule has 0 spiro atoms. The van der Waals surface area contributed by atoms with Crippen LogP contribution in [-0.4, -0.2) is 21.9 Å². The molecule has 15 heavy (non-hydrogen) atoms. The molecule has 1 heterocycles. The van der Waals surface area contributed by atoms with Gasteiger partial charge >= 0.3 is 0 Å². The van der Waals surface area contributed by atoms with Crippen LogP contribution in [0.4, 0.5) is 5.95 Å². The Morgan fingerprint density at radius 2 is 1.87 bits per heavy atom. The van der Waals surface area contributed by atoms with E-state index in [1.165, 1.54) is 12.4 Å². The number of anilines is 1. The van der Waals surface area contributed by atoms with Gasteiger partial charge in [-0.15, -0.1) is 0 Å². The van der Waals surface area contributed by atoms with Crippen molar-refractivity contribution in [3.05, 3.63) is 18.0 Å². The van der Waals surface area contributed by atoms with Gasteiger partial charge in [0.15, 0.2) is 0 Å². The van der Waals surface area contributed by atoms with E-state index in [1.54, 1.807) is 0 Å². The molecule has 0 unspecified atom stereocenters. The van der Waals surface area contributed by atoms with Crippen molar-refractivity contribution in [1.82, 2.24) is 9.97 Å². The molecule has 1 amide bonds. The van der Waals surface area contributed by atoms with Crippen molar-refractivity contribution >= 4 is 11.9 Å². The number of aromatic nitrogens is 2. The first kappa shape index (κ1) is 11.4. The van der Waals surface area contributed by atoms with E-state index in [-0.39, 0.29) is 6.04 Å². The molecule has 1 rings (SSSR count). The molecule has 0 aliphatic carbocycles. The Balaban J connectivity index is 2.68. The highest BCUT2D eigenvalue weighted by atomic mass is 16.1. The Hall–Kier alpha value is -1.65. The van der Waals surface area contributed by atoms with Crippen LogP contribution in [0.2, 0.25) is 0 Å². The van der Waals surface area contributed by atoms with E-state index in [9.17, 15) is 4.79 Å². The third-order valence-electron chi connectivity index (χ3n) is 2.29. The number of rotatable bonds is 4. The Morgan fingerprint density at radius 3 is 2.27 bits per heavy atom. The molecule has 1 atom stereocenters. The number of amides is 1. The summed E-state index contributed by atoms with van der Waals surface area (Å²) in [4.78, 5) is 18.8. The normalized spacial score (nSPS) is 12.5. The lowest BCUT2D eigenvalue weighted by atomic mass is 10.1. The average molecular weight is 208 g/mol. The smallest absolute Gasteiger partial charge is 0.251 e. The molecular weight excluding hydrogens is 192 g/mol. The predicted octanol–water partition coefficient (Wildman–Crippen LogP) is 1.03. The van der Waals surface area contributed by atoms with E-state index in [0.29, 0.717) is 17.4 Å². The topological polar surface area (TPSA) is 80.9 Å². The van der Waals surface area contributed by atoms with Gasteiger partial charge in [-0.25, -0.2) is 9.97 Å². The van der Waals surface area contributed by atoms with E-state index in [4.69, 9.17) is 5.73 Å². The van der Waals surface area contributed by atoms with Crippen LogP contribution >= 0.6 is 0 Å². The molecule has 82 valence electrons. The predicted molar refractivity (Wildman–Crippen MR) is 58.5 cm³/mol. The van der Waals surface area contributed by atoms with Gasteiger partial charge in [-0.2, -0.15) is 0 Å². The summed E-state index contributed by atoms with van der Waals surface area (Å²) in [6, 6.07) is 0.282. The zero-order chi connectivity index (χ0) is 11.4. The van der Waals surface area contributed by atoms with Gasteiger partial charge in [-0.1, -0.05) is 13.8 Å². The summed E-state index contributed by atoms with van der Waals surface area (Å²) in [5.41, 5.74) is 5.39. The summed E-state index contributed by atoms with van der Waals surface area (Å²) in [6.45, 7) is 6.26. The standard InChI is InChI=1S/C10H16N4O/c1-6(2)7(3)14-10-12-4-8(5-13-10)9(11)15/h4-7H,1-3H3,(H2,11,15)(H,12,13,14)/t7-/m0/s1. The third-order valence-corrected chi connectivity index (χ3v) is 2.29. The molecule has 0 aliphatic heterocycles. The van der Waals surface area contributed by atoms with Gasteiger partial charge < -0.3 is 11.1 Å². The van der Waals surface area contributed by atoms with Gasteiger partial charge in [0.05, 0.1) is 5.56 Å². The number of primary amides is 1. The van der Waals surface area contributed by atoms with Gasteiger partial charge in [0.2, 0.25) is 5.95 Å². The molecule has 0 saturated carbocycles. The summed E-state index contributed by atoms with van der Waals surface area (Å²) < 4.78 is 0. The Morgan fingerprint density at radius 1 is 1.33 bits per heavy atom. The van der Waals surface area contributed by atoms with Crippen LogP contribution in [0.15, 0.2) is 12.4 Å². The average Bonchev–Trinajstić information content (AvgIpc) is 2.18. The van der Waals surface area contributed by atoms with Crippen molar-refractivity contribution in [1.29, 1.82) is 0 Å². The molecule has 5 heteroatoms. The van der Waals surface area contributed by atoms with Crippen LogP contribution < -0.4 is 11.1 Å². The SMILES string of the molecule is CC(C)[C@H](C)Nc1ncc(C(N)=O)cn1. The molecule has 0 aromatic carbocycles. The van der Waals surface area contributed by atoms with E-state index >= 15 is 0 Å². The molecule has 5 nitrogen and oxygen atoms in total. The van der Waals surface area contributed by atoms with Crippen LogP contribution in [0, 0.1) is 5.92 Å². The maximum absolute atomic E-state index is 10.8. The number of carbonyl (C=O) groups is 1. The van der Waals surface area contributed by atoms with Crippen molar-refractivity contribution in [2.24, 2.45) is 11.7 Å². The van der Waals surface area contributed by atoms with E-state index in [2.05, 4.69) is 36.1 Å². The largest absolute Gasteiger partial charge is 0.366 e. The summed E-state index contributed by atoms with van der Waals surface area (Å²) in [5, 5.41) is 3.13. The summed E-state index contributed by atoms with van der Waals surface area (Å²) in [5.74, 6) is 0.490. The minimum absolute atomic E-state index is 0.282. The monoisotopic (exact) mass is 208 g/mol. The fourth-order valence-corrected chi connectivity index (χ4v) is 0.900. The number of hydrogen-bond donors (Lipinski definition) is 2. The van der Waals surface area contributed by atoms with Crippen LogP contribution in [0.1, 0.15) is 31.1 Å². The molecule has 0 aliphatic rings. The number of nitrogens with one attached hydrogen (secondary N) is 1. The molecule has 0 saturated heterocycles. The zero-order valence-electron chi connectivity index (χ0n) is 9.19. The lowest BCUT2D eigenvalue weighted by Crippen LogP contribution is -2.23. The van der Waals surface area contributed by atoms with Gasteiger partial charge in [0.25, 0.3) is 5.91 Å². The van der Waals surface area contributed by atoms with Crippen LogP contribution in [0.5, 0.6) is 0 Å². The number of nitrogens with two attached hydrogens (primary N) is 1. The first-order valence-corrected chi connectivity index (χ1v) is 4.89. The zero-order valence-corrected chi connectivity index (χ0v) is 9.19. The second-order valence-electron chi connectivity index (χ2n) is 3.84. The third kappa shape index (κ3) is 3.19. The van der Waals surface area contributed by atoms with Crippen molar-refractivity contribution < 1.29 is 4.79 Å². The van der Waals surface area contributed by atoms with Crippen LogP contribution in [0.3, 0.4) is 0 Å².